The number of hydrogen-bond donors (Lipinski definition) is 0. The van der Waals surface area contributed by atoms with Crippen LogP contribution in [-0.4, -0.2) is 25.6 Å². The van der Waals surface area contributed by atoms with Gasteiger partial charge in [0.25, 0.3) is 12.7 Å². The monoisotopic (exact) mass is 1240 g/mol. The van der Waals surface area contributed by atoms with E-state index in [4.69, 9.17) is 0 Å². The molecule has 2 aromatic heterocycles. The molecule has 62 heavy (non-hydrogen) atoms. The van der Waals surface area contributed by atoms with Gasteiger partial charge < -0.3 is 19.6 Å². The van der Waals surface area contributed by atoms with E-state index < -0.39 is 0 Å². The molecule has 0 radical (unpaired) electrons. The molecule has 0 amide bonds. The molecule has 0 saturated heterocycles. The van der Waals surface area contributed by atoms with Gasteiger partial charge >= 0.3 is 49.9 Å². The van der Waals surface area contributed by atoms with Crippen molar-refractivity contribution in [2.24, 2.45) is 0 Å². The van der Waals surface area contributed by atoms with Gasteiger partial charge in [-0.15, -0.1) is 13.3 Å². The first-order valence-electron chi connectivity index (χ1n) is 20.5. The summed E-state index contributed by atoms with van der Waals surface area (Å²) in [6.45, 7) is 31.9. The summed E-state index contributed by atoms with van der Waals surface area (Å²) in [5.41, 5.74) is 20.7. The van der Waals surface area contributed by atoms with Crippen LogP contribution in [0.2, 0.25) is 0 Å². The van der Waals surface area contributed by atoms with Gasteiger partial charge in [-0.3, -0.25) is 0 Å². The summed E-state index contributed by atoms with van der Waals surface area (Å²) in [6.07, 6.45) is 21.4. The molecule has 4 heterocycles. The molecular weight excluding hydrogens is 1170 g/mol. The molecule has 2 aliphatic heterocycles. The van der Waals surface area contributed by atoms with Crippen LogP contribution in [0.25, 0.3) is 11.4 Å². The van der Waals surface area contributed by atoms with E-state index in [1.54, 1.807) is 0 Å². The molecule has 0 aliphatic carbocycles. The van der Waals surface area contributed by atoms with Crippen molar-refractivity contribution in [1.82, 2.24) is 18.9 Å². The fourth-order valence-corrected chi connectivity index (χ4v) is 9.14. The van der Waals surface area contributed by atoms with Gasteiger partial charge in [0.05, 0.1) is 0 Å². The summed E-state index contributed by atoms with van der Waals surface area (Å²) in [5.74, 6) is 0. The Morgan fingerprint density at radius 1 is 0.452 bits per heavy atom. The molecule has 0 fully saturated rings. The third kappa shape index (κ3) is 11.8. The summed E-state index contributed by atoms with van der Waals surface area (Å²) in [7, 11) is 0. The number of benzene rings is 4. The van der Waals surface area contributed by atoms with E-state index in [1.165, 1.54) is 89.5 Å². The van der Waals surface area contributed by atoms with Crippen LogP contribution in [0.15, 0.2) is 111 Å². The molecule has 0 bridgehead atoms. The summed E-state index contributed by atoms with van der Waals surface area (Å²) in [5, 5.41) is 0. The Bertz CT molecular complexity index is 2300. The van der Waals surface area contributed by atoms with Crippen LogP contribution in [-0.2, 0) is 17.9 Å². The van der Waals surface area contributed by atoms with Gasteiger partial charge in [-0.1, -0.05) is 78.2 Å². The number of aromatic nitrogens is 4. The van der Waals surface area contributed by atoms with Gasteiger partial charge in [-0.05, 0) is 152 Å². The average Bonchev–Trinajstić information content (AvgIpc) is 3.98. The maximum atomic E-state index is 2.39. The zero-order valence-corrected chi connectivity index (χ0v) is 44.2. The number of rotatable bonds is 8. The second-order valence-electron chi connectivity index (χ2n) is 16.7. The van der Waals surface area contributed by atoms with E-state index >= 15 is 0 Å². The van der Waals surface area contributed by atoms with Crippen LogP contribution in [0.5, 0.6) is 0 Å². The van der Waals surface area contributed by atoms with Crippen molar-refractivity contribution in [2.75, 3.05) is 16.5 Å². The van der Waals surface area contributed by atoms with Crippen molar-refractivity contribution in [3.8, 4) is 11.4 Å². The summed E-state index contributed by atoms with van der Waals surface area (Å²) < 4.78 is 8.85. The third-order valence-electron chi connectivity index (χ3n) is 11.0. The van der Waals surface area contributed by atoms with E-state index in [0.717, 1.165) is 13.3 Å². The first kappa shape index (κ1) is 49.1. The fourth-order valence-electron chi connectivity index (χ4n) is 9.14. The first-order valence-corrected chi connectivity index (χ1v) is 33.4. The third-order valence-corrected chi connectivity index (χ3v) is 11.0. The van der Waals surface area contributed by atoms with Gasteiger partial charge in [0.15, 0.2) is 0 Å². The van der Waals surface area contributed by atoms with E-state index in [1.807, 2.05) is 0 Å². The molecule has 8 nitrogen and oxygen atoms in total. The van der Waals surface area contributed by atoms with Gasteiger partial charge in [0.2, 0.25) is 6.67 Å². The van der Waals surface area contributed by atoms with Crippen LogP contribution < -0.4 is 18.9 Å². The van der Waals surface area contributed by atoms with Crippen LogP contribution >= 0.6 is 38.7 Å². The standard InChI is InChI=1S/2C25H30N4.CH4.2HI.Pt/c2*1-18-11-20(3)24(21(4)12-18)28-9-7-26(16-28)15-27-8-10-29(17-27)25-22(5)13-19(2)14-23(25)6;;;;/h2*7-14,16-17H,15H2,1-6H3;1H4;2*1H;/q-2;+2;;;;+4/p-2. The zero-order valence-electron chi connectivity index (χ0n) is 37.6. The molecule has 2 aliphatic rings. The van der Waals surface area contributed by atoms with Crippen LogP contribution in [0.4, 0.5) is 11.4 Å². The average molecular weight is 1240 g/mol. The molecule has 4 aromatic carbocycles. The molecule has 6 aromatic rings. The van der Waals surface area contributed by atoms with Crippen molar-refractivity contribution in [2.45, 2.75) is 97.2 Å². The zero-order chi connectivity index (χ0) is 44.1. The SMILES string of the molecule is C.Cc1cc(C)c(-n2cc[n+](C[n+]3ccn(-c4c(C)cc(C)cc4C)c3)c2)c(C)c1.Cc1cc(C)c(N2C=CN(CN3C=CN(c4c(C)cc(C)cc4C)[CH-]3)[CH-]2)c(C)c1.[I][Pt+2][I]. The van der Waals surface area contributed by atoms with Crippen molar-refractivity contribution in [1.29, 1.82) is 0 Å². The molecule has 330 valence electrons. The molecular formula is C51H64I2N8Pt+2. The van der Waals surface area contributed by atoms with Crippen LogP contribution in [0.3, 0.4) is 0 Å². The van der Waals surface area contributed by atoms with Crippen LogP contribution in [0.1, 0.15) is 74.2 Å². The normalized spacial score (nSPS) is 13.1. The first-order chi connectivity index (χ1) is 29.0. The Hall–Kier alpha value is -3.87. The maximum absolute atomic E-state index is 2.39. The molecule has 0 saturated carbocycles. The number of imidazole rings is 2. The molecule has 0 spiro atoms. The number of hydrogen-bond acceptors (Lipinski definition) is 4. The Kier molecular flexibility index (Phi) is 17.2. The fraction of sp³-hybridized carbons (Fsp3) is 0.294. The number of aryl methyl sites for hydroxylation is 12. The number of nitrogens with zero attached hydrogens (tertiary/aromatic N) is 8. The van der Waals surface area contributed by atoms with E-state index in [0.29, 0.717) is 11.2 Å². The Morgan fingerprint density at radius 2 is 0.726 bits per heavy atom. The van der Waals surface area contributed by atoms with E-state index in [2.05, 4.69) is 284 Å². The second-order valence-corrected chi connectivity index (χ2v) is 33.3. The number of anilines is 2. The minimum absolute atomic E-state index is 0. The molecule has 11 heteroatoms. The van der Waals surface area contributed by atoms with Crippen molar-refractivity contribution < 1.29 is 20.3 Å². The predicted octanol–water partition coefficient (Wildman–Crippen LogP) is 12.2. The Labute approximate surface area is 401 Å². The van der Waals surface area contributed by atoms with Gasteiger partial charge in [0.1, 0.15) is 36.2 Å². The molecule has 0 unspecified atom stereocenters. The van der Waals surface area contributed by atoms with Gasteiger partial charge in [-0.25, -0.2) is 9.13 Å². The quantitative estimate of drug-likeness (QED) is 0.0863. The van der Waals surface area contributed by atoms with E-state index in [-0.39, 0.29) is 7.43 Å². The Morgan fingerprint density at radius 3 is 1.02 bits per heavy atom. The topological polar surface area (TPSA) is 30.6 Å². The van der Waals surface area contributed by atoms with Crippen molar-refractivity contribution in [3.05, 3.63) is 191 Å². The summed E-state index contributed by atoms with van der Waals surface area (Å²) >= 11 is 5.30. The molecule has 0 atom stereocenters. The summed E-state index contributed by atoms with van der Waals surface area (Å²) in [6, 6.07) is 18.0. The van der Waals surface area contributed by atoms with Crippen molar-refractivity contribution >= 4 is 50.1 Å². The van der Waals surface area contributed by atoms with Gasteiger partial charge in [-0.2, -0.15) is 9.13 Å². The minimum atomic E-state index is 0. The predicted molar refractivity (Wildman–Crippen MR) is 272 cm³/mol. The Balaban J connectivity index is 0.000000217. The molecule has 8 rings (SSSR count). The summed E-state index contributed by atoms with van der Waals surface area (Å²) in [4.78, 5) is 8.85. The van der Waals surface area contributed by atoms with E-state index in [9.17, 15) is 0 Å². The van der Waals surface area contributed by atoms with Crippen molar-refractivity contribution in [3.63, 3.8) is 0 Å². The molecule has 0 N–H and O–H groups in total. The second kappa shape index (κ2) is 21.7. The van der Waals surface area contributed by atoms with Crippen LogP contribution in [0, 0.1) is 96.4 Å². The number of halogens is 2. The van der Waals surface area contributed by atoms with Gasteiger partial charge in [0, 0.05) is 18.0 Å².